The normalized spacial score (nSPS) is 13.2. The number of aryl methyl sites for hydroxylation is 2. The Hall–Kier alpha value is -2.64. The van der Waals surface area contributed by atoms with Crippen LogP contribution in [-0.4, -0.2) is 39.3 Å². The van der Waals surface area contributed by atoms with Gasteiger partial charge in [0.05, 0.1) is 18.8 Å². The van der Waals surface area contributed by atoms with Crippen molar-refractivity contribution in [2.75, 3.05) is 19.0 Å². The fraction of sp³-hybridized carbons (Fsp3) is 0.429. The highest BCUT2D eigenvalue weighted by Crippen LogP contribution is 2.18. The topological polar surface area (TPSA) is 94.0 Å². The van der Waals surface area contributed by atoms with Crippen molar-refractivity contribution in [1.82, 2.24) is 25.1 Å². The molecular formula is C14H18N6O2. The Morgan fingerprint density at radius 1 is 1.41 bits per heavy atom. The molecule has 0 bridgehead atoms. The third kappa shape index (κ3) is 3.00. The molecule has 1 aliphatic heterocycles. The summed E-state index contributed by atoms with van der Waals surface area (Å²) in [6.07, 6.45) is 0.952. The summed E-state index contributed by atoms with van der Waals surface area (Å²) in [6.45, 7) is 3.71. The molecule has 0 saturated heterocycles. The van der Waals surface area contributed by atoms with Crippen LogP contribution in [0, 0.1) is 6.92 Å². The van der Waals surface area contributed by atoms with Crippen molar-refractivity contribution in [3.63, 3.8) is 0 Å². The van der Waals surface area contributed by atoms with E-state index in [0.29, 0.717) is 24.8 Å². The maximum absolute atomic E-state index is 12.2. The Morgan fingerprint density at radius 3 is 3.05 bits per heavy atom. The van der Waals surface area contributed by atoms with Crippen molar-refractivity contribution >= 4 is 11.9 Å². The third-order valence-electron chi connectivity index (χ3n) is 3.30. The van der Waals surface area contributed by atoms with Crippen molar-refractivity contribution in [2.24, 2.45) is 0 Å². The van der Waals surface area contributed by atoms with E-state index in [4.69, 9.17) is 4.74 Å². The Kier molecular flexibility index (Phi) is 3.90. The number of hydrogen-bond acceptors (Lipinski definition) is 6. The minimum absolute atomic E-state index is 0.256. The quantitative estimate of drug-likeness (QED) is 0.865. The number of nitrogens with one attached hydrogen (secondary N) is 2. The molecule has 3 rings (SSSR count). The van der Waals surface area contributed by atoms with E-state index in [0.717, 1.165) is 30.2 Å². The van der Waals surface area contributed by atoms with Crippen LogP contribution < -0.4 is 15.4 Å². The molecule has 0 fully saturated rings. The lowest BCUT2D eigenvalue weighted by molar-refractivity contribution is 0.0945. The van der Waals surface area contributed by atoms with Gasteiger partial charge in [0.25, 0.3) is 5.91 Å². The molecule has 3 heterocycles. The van der Waals surface area contributed by atoms with Crippen molar-refractivity contribution in [2.45, 2.75) is 26.4 Å². The van der Waals surface area contributed by atoms with Crippen LogP contribution >= 0.6 is 0 Å². The van der Waals surface area contributed by atoms with Gasteiger partial charge in [0, 0.05) is 31.8 Å². The molecule has 1 aliphatic rings. The average Bonchev–Trinajstić information content (AvgIpc) is 2.94. The number of carbonyl (C=O) groups is 1. The number of nitrogens with zero attached hydrogens (tertiary/aromatic N) is 4. The number of hydrogen-bond donors (Lipinski definition) is 2. The van der Waals surface area contributed by atoms with Crippen LogP contribution in [0.25, 0.3) is 0 Å². The molecule has 22 heavy (non-hydrogen) atoms. The van der Waals surface area contributed by atoms with Crippen LogP contribution in [0.5, 0.6) is 5.88 Å². The summed E-state index contributed by atoms with van der Waals surface area (Å²) in [7, 11) is 1.71. The first-order chi connectivity index (χ1) is 10.7. The summed E-state index contributed by atoms with van der Waals surface area (Å²) in [5.41, 5.74) is 1.83. The zero-order valence-electron chi connectivity index (χ0n) is 12.6. The van der Waals surface area contributed by atoms with Gasteiger partial charge < -0.3 is 15.4 Å². The van der Waals surface area contributed by atoms with Crippen LogP contribution in [0.2, 0.25) is 0 Å². The van der Waals surface area contributed by atoms with E-state index >= 15 is 0 Å². The van der Waals surface area contributed by atoms with Crippen LogP contribution in [0.4, 0.5) is 5.95 Å². The van der Waals surface area contributed by atoms with Crippen LogP contribution in [0.1, 0.15) is 28.3 Å². The lowest BCUT2D eigenvalue weighted by Gasteiger charge is -2.13. The highest BCUT2D eigenvalue weighted by molar-refractivity contribution is 5.92. The van der Waals surface area contributed by atoms with Gasteiger partial charge in [0.2, 0.25) is 11.8 Å². The van der Waals surface area contributed by atoms with Gasteiger partial charge in [0.15, 0.2) is 0 Å². The van der Waals surface area contributed by atoms with Crippen LogP contribution in [0.3, 0.4) is 0 Å². The SMILES string of the molecule is CNc1nc(C)cc(C(=O)NCc2cc3n(n2)CCCO3)n1. The molecule has 0 atom stereocenters. The lowest BCUT2D eigenvalue weighted by atomic mass is 10.3. The molecule has 116 valence electrons. The molecular weight excluding hydrogens is 284 g/mol. The van der Waals surface area contributed by atoms with Gasteiger partial charge >= 0.3 is 0 Å². The largest absolute Gasteiger partial charge is 0.478 e. The molecule has 0 aliphatic carbocycles. The lowest BCUT2D eigenvalue weighted by Crippen LogP contribution is -2.24. The van der Waals surface area contributed by atoms with Gasteiger partial charge in [-0.05, 0) is 13.0 Å². The molecule has 2 aromatic rings. The molecule has 0 saturated carbocycles. The van der Waals surface area contributed by atoms with E-state index in [-0.39, 0.29) is 5.91 Å². The second-order valence-corrected chi connectivity index (χ2v) is 5.05. The third-order valence-corrected chi connectivity index (χ3v) is 3.30. The standard InChI is InChI=1S/C14H18N6O2/c1-9-6-11(18-14(15-2)17-9)13(21)16-8-10-7-12-20(19-10)4-3-5-22-12/h6-7H,3-5,8H2,1-2H3,(H,16,21)(H,15,17,18). The summed E-state index contributed by atoms with van der Waals surface area (Å²) in [6, 6.07) is 3.50. The minimum atomic E-state index is -0.256. The zero-order valence-corrected chi connectivity index (χ0v) is 12.6. The maximum atomic E-state index is 12.2. The molecule has 0 radical (unpaired) electrons. The molecule has 1 amide bonds. The van der Waals surface area contributed by atoms with E-state index in [1.807, 2.05) is 17.7 Å². The number of ether oxygens (including phenoxy) is 1. The molecule has 8 heteroatoms. The molecule has 0 spiro atoms. The van der Waals surface area contributed by atoms with Crippen molar-refractivity contribution in [1.29, 1.82) is 0 Å². The highest BCUT2D eigenvalue weighted by Gasteiger charge is 2.15. The van der Waals surface area contributed by atoms with Crippen LogP contribution in [-0.2, 0) is 13.1 Å². The number of fused-ring (bicyclic) bond motifs is 1. The summed E-state index contributed by atoms with van der Waals surface area (Å²) >= 11 is 0. The summed E-state index contributed by atoms with van der Waals surface area (Å²) in [4.78, 5) is 20.5. The van der Waals surface area contributed by atoms with E-state index in [1.54, 1.807) is 13.1 Å². The number of rotatable bonds is 4. The van der Waals surface area contributed by atoms with Gasteiger partial charge in [-0.1, -0.05) is 0 Å². The first-order valence-corrected chi connectivity index (χ1v) is 7.17. The summed E-state index contributed by atoms with van der Waals surface area (Å²) < 4.78 is 7.32. The van der Waals surface area contributed by atoms with Gasteiger partial charge in [-0.25, -0.2) is 14.6 Å². The fourth-order valence-corrected chi connectivity index (χ4v) is 2.26. The Labute approximate surface area is 127 Å². The van der Waals surface area contributed by atoms with Crippen molar-refractivity contribution < 1.29 is 9.53 Å². The monoisotopic (exact) mass is 302 g/mol. The van der Waals surface area contributed by atoms with Crippen molar-refractivity contribution in [3.8, 4) is 5.88 Å². The first kappa shape index (κ1) is 14.3. The minimum Gasteiger partial charge on any atom is -0.478 e. The number of anilines is 1. The second-order valence-electron chi connectivity index (χ2n) is 5.05. The van der Waals surface area contributed by atoms with E-state index in [1.165, 1.54) is 0 Å². The molecule has 0 unspecified atom stereocenters. The highest BCUT2D eigenvalue weighted by atomic mass is 16.5. The molecule has 2 N–H and O–H groups in total. The smallest absolute Gasteiger partial charge is 0.270 e. The molecule has 8 nitrogen and oxygen atoms in total. The first-order valence-electron chi connectivity index (χ1n) is 7.17. The van der Waals surface area contributed by atoms with Gasteiger partial charge in [0.1, 0.15) is 5.69 Å². The van der Waals surface area contributed by atoms with E-state index < -0.39 is 0 Å². The number of carbonyl (C=O) groups excluding carboxylic acids is 1. The van der Waals surface area contributed by atoms with E-state index in [9.17, 15) is 4.79 Å². The maximum Gasteiger partial charge on any atom is 0.270 e. The summed E-state index contributed by atoms with van der Waals surface area (Å²) in [5.74, 6) is 0.927. The second kappa shape index (κ2) is 6.00. The zero-order chi connectivity index (χ0) is 15.5. The number of amides is 1. The summed E-state index contributed by atoms with van der Waals surface area (Å²) in [5, 5.41) is 10.0. The Bertz CT molecular complexity index is 673. The molecule has 2 aromatic heterocycles. The van der Waals surface area contributed by atoms with Gasteiger partial charge in [-0.3, -0.25) is 4.79 Å². The predicted octanol–water partition coefficient (Wildman–Crippen LogP) is 0.736. The van der Waals surface area contributed by atoms with E-state index in [2.05, 4.69) is 25.7 Å². The Balaban J connectivity index is 1.67. The van der Waals surface area contributed by atoms with Gasteiger partial charge in [-0.2, -0.15) is 5.10 Å². The fourth-order valence-electron chi connectivity index (χ4n) is 2.26. The number of aromatic nitrogens is 4. The molecule has 0 aromatic carbocycles. The Morgan fingerprint density at radius 2 is 2.27 bits per heavy atom. The van der Waals surface area contributed by atoms with Gasteiger partial charge in [-0.15, -0.1) is 0 Å². The van der Waals surface area contributed by atoms with Crippen molar-refractivity contribution in [3.05, 3.63) is 29.2 Å². The predicted molar refractivity (Wildman–Crippen MR) is 79.8 cm³/mol. The average molecular weight is 302 g/mol. The van der Waals surface area contributed by atoms with Crippen LogP contribution in [0.15, 0.2) is 12.1 Å².